The van der Waals surface area contributed by atoms with Crippen LogP contribution >= 0.6 is 0 Å². The first-order valence-corrected chi connectivity index (χ1v) is 11.1. The van der Waals surface area contributed by atoms with Crippen LogP contribution in [-0.2, 0) is 37.9 Å². The highest BCUT2D eigenvalue weighted by atomic mass is 16.5. The van der Waals surface area contributed by atoms with Gasteiger partial charge in [0.1, 0.15) is 5.92 Å². The zero-order valence-electron chi connectivity index (χ0n) is 19.8. The van der Waals surface area contributed by atoms with Gasteiger partial charge in [0.2, 0.25) is 0 Å². The molecule has 33 heavy (non-hydrogen) atoms. The van der Waals surface area contributed by atoms with Gasteiger partial charge < -0.3 is 23.7 Å². The maximum Gasteiger partial charge on any atom is 0.334 e. The summed E-state index contributed by atoms with van der Waals surface area (Å²) in [5, 5.41) is 0. The second-order valence-electron chi connectivity index (χ2n) is 8.04. The van der Waals surface area contributed by atoms with Gasteiger partial charge in [-0.2, -0.15) is 0 Å². The summed E-state index contributed by atoms with van der Waals surface area (Å²) in [6, 6.07) is 0. The molecule has 3 rings (SSSR count). The number of carbonyl (C=O) groups is 2. The Balaban J connectivity index is 2.31. The average Bonchev–Trinajstić information content (AvgIpc) is 2.80. The molecule has 0 saturated carbocycles. The smallest absolute Gasteiger partial charge is 0.334 e. The van der Waals surface area contributed by atoms with Crippen molar-refractivity contribution in [3.63, 3.8) is 0 Å². The van der Waals surface area contributed by atoms with E-state index in [1.54, 1.807) is 26.8 Å². The monoisotopic (exact) mass is 461 g/mol. The van der Waals surface area contributed by atoms with Gasteiger partial charge >= 0.3 is 17.6 Å². The highest BCUT2D eigenvalue weighted by Crippen LogP contribution is 2.43. The lowest BCUT2D eigenvalue weighted by Crippen LogP contribution is -2.46. The van der Waals surface area contributed by atoms with Crippen LogP contribution in [0.2, 0.25) is 0 Å². The highest BCUT2D eigenvalue weighted by molar-refractivity contribution is 5.95. The predicted octanol–water partition coefficient (Wildman–Crippen LogP) is 0.456. The molecule has 0 aromatic carbocycles. The number of morpholine rings is 1. The molecule has 1 fully saturated rings. The number of allylic oxidation sites excluding steroid dienone is 2. The Morgan fingerprint density at radius 1 is 1.09 bits per heavy atom. The van der Waals surface area contributed by atoms with Gasteiger partial charge in [0.15, 0.2) is 0 Å². The molecule has 1 aromatic rings. The van der Waals surface area contributed by atoms with Crippen LogP contribution in [0.15, 0.2) is 38.7 Å². The number of aromatic nitrogens is 2. The van der Waals surface area contributed by atoms with Crippen molar-refractivity contribution in [2.45, 2.75) is 26.7 Å². The molecular formula is C23H31N3O7. The summed E-state index contributed by atoms with van der Waals surface area (Å²) in [6.45, 7) is 7.52. The van der Waals surface area contributed by atoms with E-state index in [9.17, 15) is 19.2 Å². The number of aryl methyl sites for hydroxylation is 1. The van der Waals surface area contributed by atoms with Gasteiger partial charge in [0.25, 0.3) is 5.56 Å². The lowest BCUT2D eigenvalue weighted by Gasteiger charge is -2.40. The van der Waals surface area contributed by atoms with E-state index in [2.05, 4.69) is 0 Å². The Morgan fingerprint density at radius 3 is 2.33 bits per heavy atom. The number of rotatable bonds is 6. The Morgan fingerprint density at radius 2 is 1.73 bits per heavy atom. The largest absolute Gasteiger partial charge is 0.465 e. The summed E-state index contributed by atoms with van der Waals surface area (Å²) < 4.78 is 18.4. The molecule has 0 amide bonds. The van der Waals surface area contributed by atoms with E-state index in [0.717, 1.165) is 4.57 Å². The maximum absolute atomic E-state index is 13.3. The topological polar surface area (TPSA) is 109 Å². The molecule has 180 valence electrons. The molecule has 2 heterocycles. The third kappa shape index (κ3) is 4.66. The first-order chi connectivity index (χ1) is 15.7. The minimum atomic E-state index is -0.976. The Bertz CT molecular complexity index is 1110. The number of hydrogen-bond acceptors (Lipinski definition) is 8. The quantitative estimate of drug-likeness (QED) is 0.562. The van der Waals surface area contributed by atoms with E-state index in [0.29, 0.717) is 37.6 Å². The molecule has 0 N–H and O–H groups in total. The molecule has 1 aliphatic heterocycles. The van der Waals surface area contributed by atoms with E-state index in [-0.39, 0.29) is 24.4 Å². The van der Waals surface area contributed by atoms with Crippen molar-refractivity contribution in [3.8, 4) is 0 Å². The number of esters is 2. The average molecular weight is 462 g/mol. The summed E-state index contributed by atoms with van der Waals surface area (Å²) in [5.41, 5.74) is 0.533. The summed E-state index contributed by atoms with van der Waals surface area (Å²) in [6.07, 6.45) is 3.19. The van der Waals surface area contributed by atoms with Crippen molar-refractivity contribution in [1.29, 1.82) is 0 Å². The SMILES string of the molecule is CCOC(=O)C1=C(C)C=C(N2CCOCC2)C(C(=O)OCC)C1c1cn(C)c(=O)n(C)c1=O. The van der Waals surface area contributed by atoms with Gasteiger partial charge in [-0.1, -0.05) is 0 Å². The zero-order chi connectivity index (χ0) is 24.3. The van der Waals surface area contributed by atoms with Crippen molar-refractivity contribution in [1.82, 2.24) is 14.0 Å². The minimum Gasteiger partial charge on any atom is -0.465 e. The molecule has 1 saturated heterocycles. The van der Waals surface area contributed by atoms with Crippen LogP contribution in [0.3, 0.4) is 0 Å². The van der Waals surface area contributed by atoms with Crippen molar-refractivity contribution < 1.29 is 23.8 Å². The van der Waals surface area contributed by atoms with Gasteiger partial charge in [-0.15, -0.1) is 0 Å². The minimum absolute atomic E-state index is 0.137. The molecular weight excluding hydrogens is 430 g/mol. The fraction of sp³-hybridized carbons (Fsp3) is 0.565. The van der Waals surface area contributed by atoms with Crippen LogP contribution in [0.25, 0.3) is 0 Å². The van der Waals surface area contributed by atoms with Gasteiger partial charge in [-0.3, -0.25) is 14.2 Å². The van der Waals surface area contributed by atoms with E-state index in [4.69, 9.17) is 14.2 Å². The maximum atomic E-state index is 13.3. The number of hydrogen-bond donors (Lipinski definition) is 0. The number of nitrogens with zero attached hydrogens (tertiary/aromatic N) is 3. The summed E-state index contributed by atoms with van der Waals surface area (Å²) in [4.78, 5) is 54.0. The molecule has 0 radical (unpaired) electrons. The van der Waals surface area contributed by atoms with Crippen molar-refractivity contribution in [2.75, 3.05) is 39.5 Å². The molecule has 2 atom stereocenters. The summed E-state index contributed by atoms with van der Waals surface area (Å²) in [7, 11) is 2.89. The van der Waals surface area contributed by atoms with Crippen molar-refractivity contribution in [3.05, 3.63) is 55.5 Å². The standard InChI is InChI=1S/C23H31N3O7/c1-6-32-21(28)17-14(3)12-16(26-8-10-31-11-9-26)19(22(29)33-7-2)18(17)15-13-24(4)23(30)25(5)20(15)27/h12-13,18-19H,6-11H2,1-5H3. The van der Waals surface area contributed by atoms with Crippen molar-refractivity contribution >= 4 is 11.9 Å². The molecule has 0 spiro atoms. The molecule has 2 aliphatic rings. The fourth-order valence-corrected chi connectivity index (χ4v) is 4.45. The Kier molecular flexibility index (Phi) is 7.57. The molecule has 10 nitrogen and oxygen atoms in total. The summed E-state index contributed by atoms with van der Waals surface area (Å²) >= 11 is 0. The van der Waals surface area contributed by atoms with E-state index in [1.165, 1.54) is 24.9 Å². The van der Waals surface area contributed by atoms with Crippen LogP contribution in [0.4, 0.5) is 0 Å². The molecule has 1 aromatic heterocycles. The Hall–Kier alpha value is -3.14. The summed E-state index contributed by atoms with van der Waals surface area (Å²) in [5.74, 6) is -3.10. The molecule has 10 heteroatoms. The third-order valence-electron chi connectivity index (χ3n) is 5.97. The van der Waals surface area contributed by atoms with Gasteiger partial charge in [-0.05, 0) is 32.4 Å². The lowest BCUT2D eigenvalue weighted by atomic mass is 9.73. The first-order valence-electron chi connectivity index (χ1n) is 11.1. The lowest BCUT2D eigenvalue weighted by molar-refractivity contribution is -0.148. The normalized spacial score (nSPS) is 21.0. The van der Waals surface area contributed by atoms with Crippen molar-refractivity contribution in [2.24, 2.45) is 20.0 Å². The van der Waals surface area contributed by atoms with Crippen LogP contribution < -0.4 is 11.2 Å². The molecule has 2 unspecified atom stereocenters. The second kappa shape index (κ2) is 10.2. The number of ether oxygens (including phenoxy) is 3. The molecule has 0 bridgehead atoms. The second-order valence-corrected chi connectivity index (χ2v) is 8.04. The number of carbonyl (C=O) groups excluding carboxylic acids is 2. The molecule has 1 aliphatic carbocycles. The van der Waals surface area contributed by atoms with E-state index in [1.807, 2.05) is 4.90 Å². The van der Waals surface area contributed by atoms with Crippen LogP contribution in [0.5, 0.6) is 0 Å². The van der Waals surface area contributed by atoms with Crippen LogP contribution in [0, 0.1) is 5.92 Å². The van der Waals surface area contributed by atoms with Gasteiger partial charge in [-0.25, -0.2) is 9.59 Å². The zero-order valence-corrected chi connectivity index (χ0v) is 19.8. The van der Waals surface area contributed by atoms with Gasteiger partial charge in [0, 0.05) is 56.1 Å². The highest BCUT2D eigenvalue weighted by Gasteiger charge is 2.45. The first kappa shape index (κ1) is 24.5. The van der Waals surface area contributed by atoms with E-state index >= 15 is 0 Å². The van der Waals surface area contributed by atoms with E-state index < -0.39 is 35.0 Å². The third-order valence-corrected chi connectivity index (χ3v) is 5.97. The van der Waals surface area contributed by atoms with Crippen LogP contribution in [-0.4, -0.2) is 65.5 Å². The van der Waals surface area contributed by atoms with Crippen LogP contribution in [0.1, 0.15) is 32.3 Å². The fourth-order valence-electron chi connectivity index (χ4n) is 4.45. The Labute approximate surface area is 192 Å². The predicted molar refractivity (Wildman–Crippen MR) is 120 cm³/mol. The van der Waals surface area contributed by atoms with Gasteiger partial charge in [0.05, 0.1) is 26.4 Å².